The van der Waals surface area contributed by atoms with Gasteiger partial charge in [-0.15, -0.1) is 0 Å². The number of rotatable bonds is 2. The highest BCUT2D eigenvalue weighted by Gasteiger charge is 2.48. The third-order valence-electron chi connectivity index (χ3n) is 10.8. The highest BCUT2D eigenvalue weighted by molar-refractivity contribution is 7.00. The first kappa shape index (κ1) is 24.4. The SMILES string of the molecule is c1ccc(N2c3ccccc3B3c4cc5c(cc4N(c4ccccc4)c4cccc2c43)C2(CCCC2)c2ccccc2-5)cc1. The lowest BCUT2D eigenvalue weighted by molar-refractivity contribution is 0.550. The highest BCUT2D eigenvalue weighted by Crippen LogP contribution is 2.58. The largest absolute Gasteiger partial charge is 0.311 e. The molecule has 2 aliphatic heterocycles. The molecule has 0 aromatic heterocycles. The van der Waals surface area contributed by atoms with Crippen LogP contribution in [-0.2, 0) is 5.41 Å². The molecule has 0 N–H and O–H groups in total. The van der Waals surface area contributed by atoms with E-state index in [1.807, 2.05) is 0 Å². The predicted molar refractivity (Wildman–Crippen MR) is 185 cm³/mol. The molecule has 2 aliphatic carbocycles. The van der Waals surface area contributed by atoms with Crippen molar-refractivity contribution >= 4 is 57.2 Å². The molecular formula is C41H31BN2. The summed E-state index contributed by atoms with van der Waals surface area (Å²) in [4.78, 5) is 5.02. The van der Waals surface area contributed by atoms with Crippen molar-refractivity contribution in [2.75, 3.05) is 9.80 Å². The molecule has 2 nitrogen and oxygen atoms in total. The molecule has 0 amide bonds. The summed E-state index contributed by atoms with van der Waals surface area (Å²) in [5, 5.41) is 0. The van der Waals surface area contributed by atoms with Gasteiger partial charge < -0.3 is 9.80 Å². The van der Waals surface area contributed by atoms with Gasteiger partial charge in [0.05, 0.1) is 0 Å². The Balaban J connectivity index is 1.31. The van der Waals surface area contributed by atoms with Crippen LogP contribution in [0, 0.1) is 0 Å². The third-order valence-corrected chi connectivity index (χ3v) is 10.8. The van der Waals surface area contributed by atoms with Crippen molar-refractivity contribution in [3.63, 3.8) is 0 Å². The van der Waals surface area contributed by atoms with Gasteiger partial charge in [-0.3, -0.25) is 0 Å². The van der Waals surface area contributed by atoms with Crippen molar-refractivity contribution in [1.29, 1.82) is 0 Å². The van der Waals surface area contributed by atoms with Gasteiger partial charge in [-0.2, -0.15) is 0 Å². The van der Waals surface area contributed by atoms with Gasteiger partial charge in [0.1, 0.15) is 0 Å². The summed E-state index contributed by atoms with van der Waals surface area (Å²) in [5.74, 6) is 0. The fraction of sp³-hybridized carbons (Fsp3) is 0.122. The van der Waals surface area contributed by atoms with Crippen molar-refractivity contribution in [2.45, 2.75) is 31.1 Å². The van der Waals surface area contributed by atoms with Crippen LogP contribution in [0.5, 0.6) is 0 Å². The van der Waals surface area contributed by atoms with Gasteiger partial charge in [-0.1, -0.05) is 104 Å². The summed E-state index contributed by atoms with van der Waals surface area (Å²) in [6, 6.07) is 52.3. The standard InChI is InChI=1S/C41H31BN2/c1-3-14-28(15-4-1)43-36-21-10-9-20-34(36)42-35-26-31-30-18-7-8-19-32(30)41(24-11-12-25-41)33(31)27-39(35)44(29-16-5-2-6-17-29)38-23-13-22-37(43)40(38)42/h1-10,13-23,26-27H,11-12,24-25H2. The first-order valence-electron chi connectivity index (χ1n) is 16.0. The fourth-order valence-electron chi connectivity index (χ4n) is 9.06. The van der Waals surface area contributed by atoms with E-state index in [9.17, 15) is 0 Å². The normalized spacial score (nSPS) is 16.3. The van der Waals surface area contributed by atoms with Crippen LogP contribution in [0.3, 0.4) is 0 Å². The monoisotopic (exact) mass is 562 g/mol. The van der Waals surface area contributed by atoms with E-state index in [0.717, 1.165) is 0 Å². The molecule has 44 heavy (non-hydrogen) atoms. The van der Waals surface area contributed by atoms with E-state index in [1.54, 1.807) is 5.56 Å². The van der Waals surface area contributed by atoms with Crippen molar-refractivity contribution in [1.82, 2.24) is 0 Å². The maximum Gasteiger partial charge on any atom is 0.252 e. The van der Waals surface area contributed by atoms with Gasteiger partial charge >= 0.3 is 0 Å². The van der Waals surface area contributed by atoms with Gasteiger partial charge in [-0.25, -0.2) is 0 Å². The average molecular weight is 563 g/mol. The molecule has 1 spiro atoms. The summed E-state index contributed by atoms with van der Waals surface area (Å²) < 4.78 is 0. The molecule has 1 fully saturated rings. The Labute approximate surface area is 259 Å². The first-order valence-corrected chi connectivity index (χ1v) is 16.0. The number of hydrogen-bond acceptors (Lipinski definition) is 2. The minimum Gasteiger partial charge on any atom is -0.311 e. The summed E-state index contributed by atoms with van der Waals surface area (Å²) in [5.41, 5.74) is 17.8. The maximum atomic E-state index is 2.60. The van der Waals surface area contributed by atoms with E-state index in [4.69, 9.17) is 0 Å². The second-order valence-electron chi connectivity index (χ2n) is 12.8. The Morgan fingerprint density at radius 2 is 1.05 bits per heavy atom. The molecular weight excluding hydrogens is 531 g/mol. The zero-order valence-corrected chi connectivity index (χ0v) is 24.6. The molecule has 0 bridgehead atoms. The van der Waals surface area contributed by atoms with Gasteiger partial charge in [0.2, 0.25) is 0 Å². The van der Waals surface area contributed by atoms with E-state index in [1.165, 1.54) is 92.9 Å². The van der Waals surface area contributed by atoms with Crippen molar-refractivity contribution in [2.24, 2.45) is 0 Å². The molecule has 1 saturated carbocycles. The summed E-state index contributed by atoms with van der Waals surface area (Å²) in [6.45, 7) is 0.143. The summed E-state index contributed by atoms with van der Waals surface area (Å²) in [6.07, 6.45) is 5.07. The van der Waals surface area contributed by atoms with Crippen LogP contribution < -0.4 is 26.2 Å². The molecule has 0 unspecified atom stereocenters. The quantitative estimate of drug-likeness (QED) is 0.195. The van der Waals surface area contributed by atoms with Crippen LogP contribution in [0.25, 0.3) is 11.1 Å². The van der Waals surface area contributed by atoms with Crippen molar-refractivity contribution < 1.29 is 0 Å². The smallest absolute Gasteiger partial charge is 0.252 e. The molecule has 0 radical (unpaired) electrons. The Hall–Kier alpha value is -5.02. The van der Waals surface area contributed by atoms with E-state index in [-0.39, 0.29) is 12.1 Å². The Kier molecular flexibility index (Phi) is 5.00. The van der Waals surface area contributed by atoms with Gasteiger partial charge in [0.25, 0.3) is 6.71 Å². The lowest BCUT2D eigenvalue weighted by Crippen LogP contribution is -2.61. The molecule has 0 atom stereocenters. The second-order valence-corrected chi connectivity index (χ2v) is 12.8. The maximum absolute atomic E-state index is 2.60. The Morgan fingerprint density at radius 1 is 0.455 bits per heavy atom. The molecule has 2 heterocycles. The molecule has 208 valence electrons. The Bertz CT molecular complexity index is 2100. The van der Waals surface area contributed by atoms with Crippen LogP contribution in [0.15, 0.2) is 140 Å². The van der Waals surface area contributed by atoms with Crippen LogP contribution in [0.4, 0.5) is 34.1 Å². The molecule has 10 rings (SSSR count). The minimum atomic E-state index is 0.125. The average Bonchev–Trinajstić information content (AvgIpc) is 3.69. The fourth-order valence-corrected chi connectivity index (χ4v) is 9.06. The topological polar surface area (TPSA) is 6.48 Å². The highest BCUT2D eigenvalue weighted by atomic mass is 15.2. The van der Waals surface area contributed by atoms with E-state index in [2.05, 4.69) is 149 Å². The van der Waals surface area contributed by atoms with Crippen LogP contribution >= 0.6 is 0 Å². The number of hydrogen-bond donors (Lipinski definition) is 0. The van der Waals surface area contributed by atoms with E-state index < -0.39 is 0 Å². The predicted octanol–water partition coefficient (Wildman–Crippen LogP) is 8.61. The van der Waals surface area contributed by atoms with Crippen LogP contribution in [-0.4, -0.2) is 6.71 Å². The number of fused-ring (bicyclic) bond motifs is 9. The van der Waals surface area contributed by atoms with E-state index >= 15 is 0 Å². The van der Waals surface area contributed by atoms with Gasteiger partial charge in [-0.05, 0) is 100 Å². The lowest BCUT2D eigenvalue weighted by Gasteiger charge is -2.44. The van der Waals surface area contributed by atoms with Crippen molar-refractivity contribution in [3.05, 3.63) is 151 Å². The van der Waals surface area contributed by atoms with Crippen LogP contribution in [0.2, 0.25) is 0 Å². The molecule has 0 saturated heterocycles. The molecule has 3 heteroatoms. The number of nitrogens with zero attached hydrogens (tertiary/aromatic N) is 2. The molecule has 4 aliphatic rings. The van der Waals surface area contributed by atoms with E-state index in [0.29, 0.717) is 0 Å². The molecule has 6 aromatic carbocycles. The van der Waals surface area contributed by atoms with Gasteiger partial charge in [0, 0.05) is 39.5 Å². The summed E-state index contributed by atoms with van der Waals surface area (Å²) in [7, 11) is 0. The van der Waals surface area contributed by atoms with Gasteiger partial charge in [0.15, 0.2) is 0 Å². The van der Waals surface area contributed by atoms with Crippen LogP contribution in [0.1, 0.15) is 36.8 Å². The second kappa shape index (κ2) is 9.00. The number of benzene rings is 6. The molecule has 6 aromatic rings. The number of para-hydroxylation sites is 3. The minimum absolute atomic E-state index is 0.125. The zero-order valence-electron chi connectivity index (χ0n) is 24.6. The zero-order chi connectivity index (χ0) is 28.8. The third kappa shape index (κ3) is 3.12. The Morgan fingerprint density at radius 3 is 1.77 bits per heavy atom. The van der Waals surface area contributed by atoms with Crippen molar-refractivity contribution in [3.8, 4) is 11.1 Å². The lowest BCUT2D eigenvalue weighted by atomic mass is 9.33. The first-order chi connectivity index (χ1) is 21.8. The number of anilines is 6. The summed E-state index contributed by atoms with van der Waals surface area (Å²) >= 11 is 0.